The Morgan fingerprint density at radius 3 is 1.76 bits per heavy atom. The van der Waals surface area contributed by atoms with E-state index in [1.165, 1.54) is 0 Å². The van der Waals surface area contributed by atoms with Crippen molar-refractivity contribution >= 4 is 72.5 Å². The summed E-state index contributed by atoms with van der Waals surface area (Å²) in [5.41, 5.74) is 0. The minimum Gasteiger partial charge on any atom is -0.481 e. The first-order valence-corrected chi connectivity index (χ1v) is 7.22. The number of nitrogens with one attached hydrogen (secondary N) is 1. The summed E-state index contributed by atoms with van der Waals surface area (Å²) in [6.07, 6.45) is -0.518. The van der Waals surface area contributed by atoms with E-state index in [9.17, 15) is 13.9 Å². The largest absolute Gasteiger partial charge is 0.481 e. The number of hydrogen-bond donors (Lipinski definition) is 6. The zero-order valence-corrected chi connectivity index (χ0v) is 14.2. The third-order valence-corrected chi connectivity index (χ3v) is 6.08. The molecular formula is C5H13KNO8P2. The summed E-state index contributed by atoms with van der Waals surface area (Å²) in [5, 5.41) is 7.42. The molecular weight excluding hydrogens is 303 g/mol. The first kappa shape index (κ1) is 20.7. The van der Waals surface area contributed by atoms with Crippen LogP contribution in [0.25, 0.3) is 0 Å². The first-order valence-electron chi connectivity index (χ1n) is 4.00. The standard InChI is InChI=1S/C5H13NO8P2.K/c1-5(15(9,10)11,16(12,13)14)6-3-2-4(7)8;/h6H,2-3H2,1H3,(H,7,8)(H2,9,10,11)(H2,12,13,14);. The third kappa shape index (κ3) is 5.90. The smallest absolute Gasteiger partial charge is 0.357 e. The molecule has 0 aliphatic carbocycles. The van der Waals surface area contributed by atoms with Gasteiger partial charge in [0.1, 0.15) is 0 Å². The van der Waals surface area contributed by atoms with E-state index in [1.54, 1.807) is 0 Å². The van der Waals surface area contributed by atoms with Crippen molar-refractivity contribution in [2.24, 2.45) is 0 Å². The Morgan fingerprint density at radius 2 is 1.53 bits per heavy atom. The van der Waals surface area contributed by atoms with Gasteiger partial charge in [-0.3, -0.25) is 19.2 Å². The average Bonchev–Trinajstić information content (AvgIpc) is 1.98. The van der Waals surface area contributed by atoms with Gasteiger partial charge in [-0.2, -0.15) is 0 Å². The van der Waals surface area contributed by atoms with Crippen molar-refractivity contribution < 1.29 is 38.6 Å². The zero-order chi connectivity index (χ0) is 13.2. The molecule has 12 heteroatoms. The molecule has 0 fully saturated rings. The molecule has 0 aromatic carbocycles. The minimum atomic E-state index is -5.14. The van der Waals surface area contributed by atoms with E-state index in [4.69, 9.17) is 24.7 Å². The molecule has 0 aliphatic heterocycles. The summed E-state index contributed by atoms with van der Waals surface area (Å²) in [5.74, 6) is -1.26. The second kappa shape index (κ2) is 7.23. The van der Waals surface area contributed by atoms with Crippen LogP contribution in [-0.4, -0.2) is 93.6 Å². The Kier molecular flexibility index (Phi) is 8.79. The summed E-state index contributed by atoms with van der Waals surface area (Å²) >= 11 is 0. The number of hydrogen-bond acceptors (Lipinski definition) is 4. The van der Waals surface area contributed by atoms with Gasteiger partial charge in [0, 0.05) is 57.9 Å². The molecule has 97 valence electrons. The van der Waals surface area contributed by atoms with Gasteiger partial charge >= 0.3 is 21.2 Å². The number of rotatable bonds is 6. The fraction of sp³-hybridized carbons (Fsp3) is 0.800. The van der Waals surface area contributed by atoms with Crippen LogP contribution < -0.4 is 5.32 Å². The summed E-state index contributed by atoms with van der Waals surface area (Å²) in [6, 6.07) is 0. The summed E-state index contributed by atoms with van der Waals surface area (Å²) < 4.78 is 21.9. The maximum Gasteiger partial charge on any atom is 0.357 e. The molecule has 0 bridgehead atoms. The van der Waals surface area contributed by atoms with Gasteiger partial charge in [0.25, 0.3) is 0 Å². The van der Waals surface area contributed by atoms with Gasteiger partial charge in [-0.15, -0.1) is 0 Å². The molecule has 0 saturated heterocycles. The molecule has 0 aromatic heterocycles. The molecule has 0 atom stereocenters. The van der Waals surface area contributed by atoms with Crippen LogP contribution in [0.3, 0.4) is 0 Å². The topological polar surface area (TPSA) is 164 Å². The molecule has 6 N–H and O–H groups in total. The number of carboxylic acids is 1. The number of carbonyl (C=O) groups is 1. The number of aliphatic carboxylic acids is 1. The fourth-order valence-electron chi connectivity index (χ4n) is 0.782. The van der Waals surface area contributed by atoms with E-state index in [2.05, 4.69) is 0 Å². The van der Waals surface area contributed by atoms with Gasteiger partial charge in [-0.25, -0.2) is 0 Å². The summed E-state index contributed by atoms with van der Waals surface area (Å²) in [6.45, 7) is 0.179. The predicted molar refractivity (Wildman–Crippen MR) is 58.5 cm³/mol. The Labute approximate surface area is 140 Å². The molecule has 0 heterocycles. The SMILES string of the molecule is CC(NCCC(=O)O)(P(=O)(O)O)P(=O)(O)O.[K]. The summed E-state index contributed by atoms with van der Waals surface area (Å²) in [4.78, 5) is 45.5. The monoisotopic (exact) mass is 316 g/mol. The van der Waals surface area contributed by atoms with E-state index in [0.717, 1.165) is 0 Å². The molecule has 0 saturated carbocycles. The minimum absolute atomic E-state index is 0. The van der Waals surface area contributed by atoms with Gasteiger partial charge in [-0.1, -0.05) is 0 Å². The first-order chi connectivity index (χ1) is 6.92. The average molecular weight is 316 g/mol. The quantitative estimate of drug-likeness (QED) is 0.258. The van der Waals surface area contributed by atoms with E-state index in [-0.39, 0.29) is 51.4 Å². The molecule has 0 unspecified atom stereocenters. The third-order valence-electron chi connectivity index (χ3n) is 1.93. The fourth-order valence-corrected chi connectivity index (χ4v) is 2.78. The molecule has 0 spiro atoms. The van der Waals surface area contributed by atoms with Crippen LogP contribution in [0.15, 0.2) is 0 Å². The van der Waals surface area contributed by atoms with Gasteiger partial charge < -0.3 is 24.7 Å². The summed E-state index contributed by atoms with van der Waals surface area (Å²) in [7, 11) is -10.3. The normalized spacial score (nSPS) is 13.0. The number of carboxylic acid groups (broad SMARTS) is 1. The maximum absolute atomic E-state index is 11.0. The zero-order valence-electron chi connectivity index (χ0n) is 9.27. The van der Waals surface area contributed by atoms with Gasteiger partial charge in [0.2, 0.25) is 5.02 Å². The second-order valence-corrected chi connectivity index (χ2v) is 7.50. The van der Waals surface area contributed by atoms with Crippen molar-refractivity contribution in [2.45, 2.75) is 18.4 Å². The van der Waals surface area contributed by atoms with Crippen LogP contribution in [0.1, 0.15) is 13.3 Å². The van der Waals surface area contributed by atoms with E-state index >= 15 is 0 Å². The predicted octanol–water partition coefficient (Wildman–Crippen LogP) is -1.30. The van der Waals surface area contributed by atoms with Crippen molar-refractivity contribution in [2.75, 3.05) is 6.54 Å². The second-order valence-electron chi connectivity index (χ2n) is 3.18. The molecule has 0 rings (SSSR count). The maximum atomic E-state index is 11.0. The van der Waals surface area contributed by atoms with E-state index in [0.29, 0.717) is 6.92 Å². The van der Waals surface area contributed by atoms with Crippen LogP contribution in [0.2, 0.25) is 0 Å². The Bertz CT molecular complexity index is 339. The Morgan fingerprint density at radius 1 is 1.18 bits per heavy atom. The molecule has 17 heavy (non-hydrogen) atoms. The van der Waals surface area contributed by atoms with Gasteiger partial charge in [-0.05, 0) is 6.92 Å². The molecule has 0 aromatic rings. The van der Waals surface area contributed by atoms with Gasteiger partial charge in [0.15, 0.2) is 0 Å². The van der Waals surface area contributed by atoms with Crippen molar-refractivity contribution in [1.82, 2.24) is 5.32 Å². The Hall–Kier alpha value is 1.37. The van der Waals surface area contributed by atoms with Crippen LogP contribution >= 0.6 is 15.2 Å². The molecule has 9 nitrogen and oxygen atoms in total. The van der Waals surface area contributed by atoms with Crippen molar-refractivity contribution in [3.05, 3.63) is 0 Å². The van der Waals surface area contributed by atoms with Crippen molar-refractivity contribution in [1.29, 1.82) is 0 Å². The van der Waals surface area contributed by atoms with Crippen molar-refractivity contribution in [3.8, 4) is 0 Å². The van der Waals surface area contributed by atoms with E-state index in [1.807, 2.05) is 5.32 Å². The molecule has 0 aliphatic rings. The molecule has 0 amide bonds. The Balaban J connectivity index is 0. The van der Waals surface area contributed by atoms with E-state index < -0.39 is 39.1 Å². The van der Waals surface area contributed by atoms with Crippen LogP contribution in [-0.2, 0) is 13.9 Å². The van der Waals surface area contributed by atoms with Gasteiger partial charge in [0.05, 0.1) is 6.42 Å². The van der Waals surface area contributed by atoms with Crippen LogP contribution in [0.4, 0.5) is 0 Å². The molecule has 1 radical (unpaired) electrons. The van der Waals surface area contributed by atoms with Crippen LogP contribution in [0.5, 0.6) is 0 Å². The van der Waals surface area contributed by atoms with Crippen molar-refractivity contribution in [3.63, 3.8) is 0 Å². The van der Waals surface area contributed by atoms with Crippen LogP contribution in [0, 0.1) is 0 Å².